The van der Waals surface area contributed by atoms with E-state index in [-0.39, 0.29) is 12.5 Å². The molecule has 0 saturated carbocycles. The Bertz CT molecular complexity index is 742. The number of halogens is 2. The molecule has 126 valence electrons. The summed E-state index contributed by atoms with van der Waals surface area (Å²) in [4.78, 5) is 23.1. The fourth-order valence-electron chi connectivity index (χ4n) is 1.84. The molecule has 1 aromatic carbocycles. The number of benzene rings is 1. The van der Waals surface area contributed by atoms with Crippen LogP contribution in [0, 0.1) is 0 Å². The first-order valence-corrected chi connectivity index (χ1v) is 8.31. The Hall–Kier alpha value is -2.05. The second-order valence-corrected chi connectivity index (χ2v) is 6.03. The van der Waals surface area contributed by atoms with E-state index in [1.54, 1.807) is 18.2 Å². The molecule has 7 heteroatoms. The highest BCUT2D eigenvalue weighted by molar-refractivity contribution is 9.10. The Labute approximate surface area is 152 Å². The third-order valence-electron chi connectivity index (χ3n) is 2.95. The van der Waals surface area contributed by atoms with E-state index in [1.165, 1.54) is 12.2 Å². The van der Waals surface area contributed by atoms with Crippen molar-refractivity contribution in [2.45, 2.75) is 6.42 Å². The van der Waals surface area contributed by atoms with E-state index in [0.29, 0.717) is 28.4 Å². The Balaban J connectivity index is 1.65. The van der Waals surface area contributed by atoms with Crippen molar-refractivity contribution in [3.8, 4) is 0 Å². The molecule has 0 radical (unpaired) electrons. The minimum absolute atomic E-state index is 0.333. The lowest BCUT2D eigenvalue weighted by atomic mass is 10.1. The molecule has 0 atom stereocenters. The number of furan rings is 1. The highest BCUT2D eigenvalue weighted by atomic mass is 79.9. The van der Waals surface area contributed by atoms with Crippen LogP contribution in [-0.2, 0) is 20.7 Å². The average molecular weight is 413 g/mol. The number of carbonyl (C=O) groups is 2. The molecule has 0 bridgehead atoms. The molecular formula is C17H15BrClNO4. The minimum atomic E-state index is -0.618. The maximum absolute atomic E-state index is 11.6. The van der Waals surface area contributed by atoms with Crippen molar-refractivity contribution >= 4 is 45.5 Å². The van der Waals surface area contributed by atoms with Gasteiger partial charge in [-0.25, -0.2) is 4.79 Å². The summed E-state index contributed by atoms with van der Waals surface area (Å²) in [6.45, 7) is 0.105. The quantitative estimate of drug-likeness (QED) is 0.557. The van der Waals surface area contributed by atoms with Crippen molar-refractivity contribution in [3.05, 3.63) is 63.5 Å². The zero-order chi connectivity index (χ0) is 17.4. The molecule has 0 saturated heterocycles. The molecule has 5 nitrogen and oxygen atoms in total. The van der Waals surface area contributed by atoms with Gasteiger partial charge in [0.1, 0.15) is 5.76 Å². The summed E-state index contributed by atoms with van der Waals surface area (Å²) >= 11 is 9.04. The summed E-state index contributed by atoms with van der Waals surface area (Å²) in [6, 6.07) is 10.8. The van der Waals surface area contributed by atoms with E-state index in [1.807, 2.05) is 18.2 Å². The number of hydrogen-bond acceptors (Lipinski definition) is 4. The molecule has 2 rings (SSSR count). The second-order valence-electron chi connectivity index (χ2n) is 4.81. The minimum Gasteiger partial charge on any atom is -0.452 e. The van der Waals surface area contributed by atoms with Gasteiger partial charge in [-0.05, 0) is 58.3 Å². The average Bonchev–Trinajstić information content (AvgIpc) is 2.96. The van der Waals surface area contributed by atoms with Gasteiger partial charge in [0.15, 0.2) is 11.3 Å². The van der Waals surface area contributed by atoms with Gasteiger partial charge in [0.2, 0.25) is 0 Å². The van der Waals surface area contributed by atoms with Crippen LogP contribution in [-0.4, -0.2) is 25.0 Å². The highest BCUT2D eigenvalue weighted by Gasteiger charge is 2.05. The monoisotopic (exact) mass is 411 g/mol. The third-order valence-corrected chi connectivity index (χ3v) is 3.61. The number of amides is 1. The largest absolute Gasteiger partial charge is 0.452 e. The molecule has 1 amide bonds. The lowest BCUT2D eigenvalue weighted by Crippen LogP contribution is -2.30. The topological polar surface area (TPSA) is 68.5 Å². The molecule has 1 N–H and O–H groups in total. The van der Waals surface area contributed by atoms with E-state index >= 15 is 0 Å². The van der Waals surface area contributed by atoms with E-state index in [2.05, 4.69) is 21.2 Å². The standard InChI is InChI=1S/C17H15BrClNO4/c18-15-6-4-14(24-15)5-7-17(22)23-11-16(21)20-9-8-12-2-1-3-13(19)10-12/h1-7,10H,8-9,11H2,(H,20,21)/b7-5+. The molecule has 2 aromatic rings. The van der Waals surface area contributed by atoms with Gasteiger partial charge in [-0.1, -0.05) is 23.7 Å². The normalized spacial score (nSPS) is 10.8. The lowest BCUT2D eigenvalue weighted by Gasteiger charge is -2.05. The third kappa shape index (κ3) is 6.60. The fraction of sp³-hybridized carbons (Fsp3) is 0.176. The Morgan fingerprint density at radius 3 is 2.83 bits per heavy atom. The van der Waals surface area contributed by atoms with E-state index in [9.17, 15) is 9.59 Å². The second kappa shape index (κ2) is 9.30. The van der Waals surface area contributed by atoms with Crippen LogP contribution in [0.3, 0.4) is 0 Å². The molecule has 0 aliphatic carbocycles. The molecule has 24 heavy (non-hydrogen) atoms. The summed E-state index contributed by atoms with van der Waals surface area (Å²) in [6.07, 6.45) is 3.31. The van der Waals surface area contributed by atoms with Crippen LogP contribution >= 0.6 is 27.5 Å². The van der Waals surface area contributed by atoms with E-state index in [0.717, 1.165) is 5.56 Å². The van der Waals surface area contributed by atoms with Crippen molar-refractivity contribution in [1.29, 1.82) is 0 Å². The first-order valence-electron chi connectivity index (χ1n) is 7.14. The van der Waals surface area contributed by atoms with Gasteiger partial charge in [0.05, 0.1) is 0 Å². The maximum atomic E-state index is 11.6. The van der Waals surface area contributed by atoms with E-state index < -0.39 is 5.97 Å². The van der Waals surface area contributed by atoms with Gasteiger partial charge >= 0.3 is 5.97 Å². The van der Waals surface area contributed by atoms with Crippen LogP contribution in [0.1, 0.15) is 11.3 Å². The van der Waals surface area contributed by atoms with Crippen molar-refractivity contribution < 1.29 is 18.7 Å². The number of ether oxygens (including phenoxy) is 1. The van der Waals surface area contributed by atoms with Crippen molar-refractivity contribution in [2.24, 2.45) is 0 Å². The van der Waals surface area contributed by atoms with Gasteiger partial charge in [0.25, 0.3) is 5.91 Å². The fourth-order valence-corrected chi connectivity index (χ4v) is 2.37. The smallest absolute Gasteiger partial charge is 0.331 e. The molecule has 0 unspecified atom stereocenters. The van der Waals surface area contributed by atoms with Gasteiger partial charge in [0, 0.05) is 17.6 Å². The van der Waals surface area contributed by atoms with Crippen LogP contribution < -0.4 is 5.32 Å². The zero-order valence-corrected chi connectivity index (χ0v) is 15.0. The summed E-state index contributed by atoms with van der Waals surface area (Å²) in [5.41, 5.74) is 1.02. The Kier molecular flexibility index (Phi) is 7.08. The molecule has 0 aliphatic heterocycles. The van der Waals surface area contributed by atoms with Crippen LogP contribution in [0.5, 0.6) is 0 Å². The lowest BCUT2D eigenvalue weighted by molar-refractivity contribution is -0.143. The van der Waals surface area contributed by atoms with E-state index in [4.69, 9.17) is 20.8 Å². The first kappa shape index (κ1) is 18.3. The summed E-state index contributed by atoms with van der Waals surface area (Å²) in [7, 11) is 0. The number of esters is 1. The molecule has 0 aliphatic rings. The summed E-state index contributed by atoms with van der Waals surface area (Å²) < 4.78 is 10.6. The SMILES string of the molecule is O=C(COC(=O)/C=C/c1ccc(Br)o1)NCCc1cccc(Cl)c1. The van der Waals surface area contributed by atoms with Crippen molar-refractivity contribution in [2.75, 3.05) is 13.2 Å². The molecule has 0 fully saturated rings. The highest BCUT2D eigenvalue weighted by Crippen LogP contribution is 2.15. The molecule has 0 spiro atoms. The van der Waals surface area contributed by atoms with Crippen LogP contribution in [0.2, 0.25) is 5.02 Å². The number of carbonyl (C=O) groups excluding carboxylic acids is 2. The Morgan fingerprint density at radius 1 is 1.29 bits per heavy atom. The number of hydrogen-bond donors (Lipinski definition) is 1. The zero-order valence-electron chi connectivity index (χ0n) is 12.6. The van der Waals surface area contributed by atoms with Gasteiger partial charge < -0.3 is 14.5 Å². The van der Waals surface area contributed by atoms with Gasteiger partial charge in [-0.3, -0.25) is 4.79 Å². The maximum Gasteiger partial charge on any atom is 0.331 e. The van der Waals surface area contributed by atoms with Crippen LogP contribution in [0.4, 0.5) is 0 Å². The van der Waals surface area contributed by atoms with Crippen molar-refractivity contribution in [1.82, 2.24) is 5.32 Å². The van der Waals surface area contributed by atoms with Gasteiger partial charge in [-0.15, -0.1) is 0 Å². The predicted molar refractivity (Wildman–Crippen MR) is 94.6 cm³/mol. The first-order chi connectivity index (χ1) is 11.5. The Morgan fingerprint density at radius 2 is 2.12 bits per heavy atom. The summed E-state index contributed by atoms with van der Waals surface area (Å²) in [5.74, 6) is -0.475. The van der Waals surface area contributed by atoms with Crippen molar-refractivity contribution in [3.63, 3.8) is 0 Å². The molecular weight excluding hydrogens is 398 g/mol. The van der Waals surface area contributed by atoms with Gasteiger partial charge in [-0.2, -0.15) is 0 Å². The number of rotatable bonds is 7. The predicted octanol–water partition coefficient (Wildman–Crippen LogP) is 3.61. The van der Waals surface area contributed by atoms with Crippen LogP contribution in [0.25, 0.3) is 6.08 Å². The molecule has 1 aromatic heterocycles. The molecule has 1 heterocycles. The van der Waals surface area contributed by atoms with Crippen LogP contribution in [0.15, 0.2) is 51.6 Å². The summed E-state index contributed by atoms with van der Waals surface area (Å²) in [5, 5.41) is 3.33. The number of nitrogens with one attached hydrogen (secondary N) is 1.